The first-order valence-corrected chi connectivity index (χ1v) is 9.14. The average molecular weight is 442 g/mol. The van der Waals surface area contributed by atoms with Crippen molar-refractivity contribution in [3.05, 3.63) is 68.1 Å². The Labute approximate surface area is 178 Å². The van der Waals surface area contributed by atoms with Crippen LogP contribution in [-0.4, -0.2) is 37.6 Å². The van der Waals surface area contributed by atoms with Crippen LogP contribution < -0.4 is 26.2 Å². The lowest BCUT2D eigenvalue weighted by Crippen LogP contribution is -2.31. The Balaban J connectivity index is 1.81. The van der Waals surface area contributed by atoms with Gasteiger partial charge in [0.2, 0.25) is 6.79 Å². The lowest BCUT2D eigenvalue weighted by atomic mass is 10.0. The first-order chi connectivity index (χ1) is 14.8. The van der Waals surface area contributed by atoms with Crippen molar-refractivity contribution in [3.63, 3.8) is 0 Å². The van der Waals surface area contributed by atoms with Gasteiger partial charge in [-0.1, -0.05) is 6.07 Å². The van der Waals surface area contributed by atoms with Gasteiger partial charge in [0.15, 0.2) is 22.3 Å². The van der Waals surface area contributed by atoms with E-state index in [1.54, 1.807) is 18.2 Å². The number of ether oxygens (including phenoxy) is 2. The van der Waals surface area contributed by atoms with Crippen LogP contribution in [0.1, 0.15) is 17.4 Å². The van der Waals surface area contributed by atoms with Crippen LogP contribution in [0.5, 0.6) is 11.5 Å². The van der Waals surface area contributed by atoms with Gasteiger partial charge < -0.3 is 25.3 Å². The third kappa shape index (κ3) is 3.99. The van der Waals surface area contributed by atoms with E-state index in [-0.39, 0.29) is 40.0 Å². The number of nitro benzene ring substituents is 1. The van der Waals surface area contributed by atoms with Crippen LogP contribution in [0.4, 0.5) is 5.69 Å². The van der Waals surface area contributed by atoms with Gasteiger partial charge in [-0.25, -0.2) is 4.98 Å². The molecule has 0 fully saturated rings. The number of nitrogens with two attached hydrogens (primary N) is 1. The van der Waals surface area contributed by atoms with E-state index >= 15 is 0 Å². The molecule has 0 spiro atoms. The standard InChI is InChI=1S/C18H14N6O6S/c19-18(31)23-22-14(16(25)8-1-4-12-13(5-8)30-7-29-12)15-17(26)21-11-6-9(24(27)28)2-3-10(11)20-15/h1-6,16,25H,7H2,(H,21,26)(H3,19,23,31)/b22-14+/t16-/m1/s1. The molecule has 2 aromatic carbocycles. The summed E-state index contributed by atoms with van der Waals surface area (Å²) in [4.78, 5) is 29.8. The maximum absolute atomic E-state index is 12.7. The molecule has 0 amide bonds. The van der Waals surface area contributed by atoms with Gasteiger partial charge in [-0.2, -0.15) is 5.10 Å². The fraction of sp³-hybridized carbons (Fsp3) is 0.111. The molecule has 0 bridgehead atoms. The number of nitro groups is 1. The number of non-ortho nitro benzene ring substituents is 1. The second kappa shape index (κ2) is 7.97. The number of rotatable bonds is 5. The van der Waals surface area contributed by atoms with E-state index in [0.29, 0.717) is 17.1 Å². The van der Waals surface area contributed by atoms with Gasteiger partial charge in [-0.3, -0.25) is 20.3 Å². The summed E-state index contributed by atoms with van der Waals surface area (Å²) < 4.78 is 10.6. The van der Waals surface area contributed by atoms with Crippen molar-refractivity contribution in [2.45, 2.75) is 6.10 Å². The fourth-order valence-corrected chi connectivity index (χ4v) is 3.01. The number of hydrogen-bond donors (Lipinski definition) is 4. The minimum atomic E-state index is -1.42. The summed E-state index contributed by atoms with van der Waals surface area (Å²) in [6.45, 7) is 0.0524. The first-order valence-electron chi connectivity index (χ1n) is 8.73. The maximum atomic E-state index is 12.7. The Morgan fingerprint density at radius 2 is 2.10 bits per heavy atom. The summed E-state index contributed by atoms with van der Waals surface area (Å²) in [6.07, 6.45) is -1.42. The Bertz CT molecular complexity index is 1310. The molecule has 0 saturated carbocycles. The lowest BCUT2D eigenvalue weighted by molar-refractivity contribution is -0.384. The van der Waals surface area contributed by atoms with Crippen LogP contribution in [0, 0.1) is 10.1 Å². The Morgan fingerprint density at radius 3 is 2.84 bits per heavy atom. The fourth-order valence-electron chi connectivity index (χ4n) is 2.96. The molecule has 1 atom stereocenters. The third-order valence-corrected chi connectivity index (χ3v) is 4.48. The predicted octanol–water partition coefficient (Wildman–Crippen LogP) is 0.831. The number of aliphatic hydroxyl groups is 1. The van der Waals surface area contributed by atoms with E-state index < -0.39 is 16.6 Å². The molecule has 1 aromatic heterocycles. The maximum Gasteiger partial charge on any atom is 0.276 e. The molecule has 4 rings (SSSR count). The monoisotopic (exact) mass is 442 g/mol. The molecule has 1 aliphatic rings. The SMILES string of the molecule is NC(=S)N/N=C(\c1nc2ccc([N+](=O)[O-])cc2[nH]c1=O)[C@H](O)c1ccc2c(c1)OCO2. The number of H-pyrrole nitrogens is 1. The number of fused-ring (bicyclic) bond motifs is 2. The van der Waals surface area contributed by atoms with Crippen molar-refractivity contribution in [1.82, 2.24) is 15.4 Å². The van der Waals surface area contributed by atoms with Gasteiger partial charge in [0.1, 0.15) is 11.8 Å². The highest BCUT2D eigenvalue weighted by atomic mass is 32.1. The molecule has 1 aliphatic heterocycles. The average Bonchev–Trinajstić information content (AvgIpc) is 3.21. The topological polar surface area (TPSA) is 178 Å². The number of hydrogen-bond acceptors (Lipinski definition) is 9. The van der Waals surface area contributed by atoms with Crippen molar-refractivity contribution >= 4 is 39.8 Å². The minimum absolute atomic E-state index is 0.0524. The smallest absolute Gasteiger partial charge is 0.276 e. The second-order valence-corrected chi connectivity index (χ2v) is 6.80. The number of aromatic amines is 1. The minimum Gasteiger partial charge on any atom is -0.454 e. The summed E-state index contributed by atoms with van der Waals surface area (Å²) in [5.74, 6) is 0.935. The molecule has 0 aliphatic carbocycles. The molecule has 12 nitrogen and oxygen atoms in total. The van der Waals surface area contributed by atoms with Crippen molar-refractivity contribution in [1.29, 1.82) is 0 Å². The number of nitrogens with zero attached hydrogens (tertiary/aromatic N) is 3. The molecule has 0 unspecified atom stereocenters. The third-order valence-electron chi connectivity index (χ3n) is 4.39. The van der Waals surface area contributed by atoms with Gasteiger partial charge in [-0.05, 0) is 36.0 Å². The van der Waals surface area contributed by atoms with Crippen molar-refractivity contribution in [2.24, 2.45) is 10.8 Å². The van der Waals surface area contributed by atoms with Crippen LogP contribution in [0.2, 0.25) is 0 Å². The molecular formula is C18H14N6O6S. The molecular weight excluding hydrogens is 428 g/mol. The molecule has 158 valence electrons. The van der Waals surface area contributed by atoms with Crippen LogP contribution >= 0.6 is 12.2 Å². The van der Waals surface area contributed by atoms with Gasteiger partial charge in [0.25, 0.3) is 11.2 Å². The van der Waals surface area contributed by atoms with E-state index in [1.165, 1.54) is 18.2 Å². The number of benzene rings is 2. The Morgan fingerprint density at radius 1 is 1.32 bits per heavy atom. The largest absolute Gasteiger partial charge is 0.454 e. The van der Waals surface area contributed by atoms with Gasteiger partial charge in [0, 0.05) is 12.1 Å². The highest BCUT2D eigenvalue weighted by molar-refractivity contribution is 7.80. The molecule has 13 heteroatoms. The van der Waals surface area contributed by atoms with E-state index in [9.17, 15) is 20.0 Å². The molecule has 5 N–H and O–H groups in total. The summed E-state index contributed by atoms with van der Waals surface area (Å²) in [5.41, 5.74) is 7.19. The zero-order chi connectivity index (χ0) is 22.1. The predicted molar refractivity (Wildman–Crippen MR) is 113 cm³/mol. The highest BCUT2D eigenvalue weighted by Gasteiger charge is 2.25. The van der Waals surface area contributed by atoms with E-state index in [0.717, 1.165) is 0 Å². The summed E-state index contributed by atoms with van der Waals surface area (Å²) in [7, 11) is 0. The zero-order valence-corrected chi connectivity index (χ0v) is 16.4. The van der Waals surface area contributed by atoms with Gasteiger partial charge in [-0.15, -0.1) is 0 Å². The van der Waals surface area contributed by atoms with Crippen LogP contribution in [0.25, 0.3) is 11.0 Å². The number of hydrazone groups is 1. The van der Waals surface area contributed by atoms with Crippen molar-refractivity contribution in [2.75, 3.05) is 6.79 Å². The molecule has 0 radical (unpaired) electrons. The van der Waals surface area contributed by atoms with E-state index in [2.05, 4.69) is 20.5 Å². The van der Waals surface area contributed by atoms with Gasteiger partial charge in [0.05, 0.1) is 16.0 Å². The molecule has 2 heterocycles. The Hall–Kier alpha value is -4.10. The van der Waals surface area contributed by atoms with Gasteiger partial charge >= 0.3 is 0 Å². The van der Waals surface area contributed by atoms with Crippen molar-refractivity contribution in [3.8, 4) is 11.5 Å². The van der Waals surface area contributed by atoms with Crippen molar-refractivity contribution < 1.29 is 19.5 Å². The van der Waals surface area contributed by atoms with Crippen LogP contribution in [-0.2, 0) is 0 Å². The van der Waals surface area contributed by atoms with E-state index in [4.69, 9.17) is 27.4 Å². The van der Waals surface area contributed by atoms with E-state index in [1.807, 2.05) is 0 Å². The number of aromatic nitrogens is 2. The normalized spacial score (nSPS) is 13.8. The Kier molecular flexibility index (Phi) is 5.19. The summed E-state index contributed by atoms with van der Waals surface area (Å²) in [5, 5.41) is 25.7. The zero-order valence-electron chi connectivity index (χ0n) is 15.6. The number of thiocarbonyl (C=S) groups is 1. The number of aliphatic hydroxyl groups excluding tert-OH is 1. The summed E-state index contributed by atoms with van der Waals surface area (Å²) >= 11 is 4.75. The number of nitrogens with one attached hydrogen (secondary N) is 2. The molecule has 3 aromatic rings. The quantitative estimate of drug-likeness (QED) is 0.191. The first kappa shape index (κ1) is 20.2. The molecule has 0 saturated heterocycles. The second-order valence-electron chi connectivity index (χ2n) is 6.36. The molecule has 31 heavy (non-hydrogen) atoms. The lowest BCUT2D eigenvalue weighted by Gasteiger charge is -2.14. The van der Waals surface area contributed by atoms with Crippen LogP contribution in [0.15, 0.2) is 46.3 Å². The van der Waals surface area contributed by atoms with Crippen LogP contribution in [0.3, 0.4) is 0 Å². The highest BCUT2D eigenvalue weighted by Crippen LogP contribution is 2.34. The summed E-state index contributed by atoms with van der Waals surface area (Å²) in [6, 6.07) is 8.53.